The molecule has 1 saturated heterocycles. The van der Waals surface area contributed by atoms with Gasteiger partial charge in [0.15, 0.2) is 0 Å². The van der Waals surface area contributed by atoms with Crippen molar-refractivity contribution in [2.45, 2.75) is 32.9 Å². The van der Waals surface area contributed by atoms with Crippen LogP contribution < -0.4 is 0 Å². The molecule has 0 spiro atoms. The van der Waals surface area contributed by atoms with E-state index < -0.39 is 0 Å². The molecule has 0 saturated carbocycles. The van der Waals surface area contributed by atoms with Crippen LogP contribution >= 0.6 is 0 Å². The molecule has 2 aliphatic rings. The molecule has 1 N–H and O–H groups in total. The van der Waals surface area contributed by atoms with Crippen molar-refractivity contribution in [3.63, 3.8) is 0 Å². The van der Waals surface area contributed by atoms with Gasteiger partial charge in [-0.1, -0.05) is 30.3 Å². The fourth-order valence-corrected chi connectivity index (χ4v) is 4.20. The Labute approximate surface area is 148 Å². The van der Waals surface area contributed by atoms with Gasteiger partial charge in [-0.15, -0.1) is 0 Å². The summed E-state index contributed by atoms with van der Waals surface area (Å²) in [6.45, 7) is 7.27. The topological polar surface area (TPSA) is 43.8 Å². The molecule has 0 aliphatic carbocycles. The van der Waals surface area contributed by atoms with Crippen molar-refractivity contribution in [3.8, 4) is 5.75 Å². The van der Waals surface area contributed by atoms with Crippen molar-refractivity contribution in [1.82, 2.24) is 9.80 Å². The van der Waals surface area contributed by atoms with Gasteiger partial charge < -0.3 is 10.0 Å². The monoisotopic (exact) mass is 336 g/mol. The Morgan fingerprint density at radius 3 is 2.68 bits per heavy atom. The fraction of sp³-hybridized carbons (Fsp3) is 0.381. The summed E-state index contributed by atoms with van der Waals surface area (Å²) in [4.78, 5) is 17.4. The Kier molecular flexibility index (Phi) is 4.00. The van der Waals surface area contributed by atoms with E-state index in [1.54, 1.807) is 0 Å². The van der Waals surface area contributed by atoms with Gasteiger partial charge in [0, 0.05) is 37.8 Å². The van der Waals surface area contributed by atoms with Crippen LogP contribution in [0.5, 0.6) is 5.75 Å². The van der Waals surface area contributed by atoms with E-state index in [9.17, 15) is 9.90 Å². The number of carbonyl (C=O) groups is 1. The molecular formula is C21H24N2O2. The number of hydrogen-bond donors (Lipinski definition) is 1. The third kappa shape index (κ3) is 2.81. The molecule has 130 valence electrons. The Hall–Kier alpha value is -2.33. The van der Waals surface area contributed by atoms with Gasteiger partial charge in [0.25, 0.3) is 5.91 Å². The minimum atomic E-state index is 0.122. The molecule has 4 rings (SSSR count). The number of rotatable bonds is 2. The van der Waals surface area contributed by atoms with Crippen LogP contribution in [0.15, 0.2) is 36.4 Å². The molecule has 1 fully saturated rings. The first kappa shape index (κ1) is 16.2. The molecule has 1 atom stereocenters. The second-order valence-corrected chi connectivity index (χ2v) is 7.27. The van der Waals surface area contributed by atoms with Crippen LogP contribution in [0, 0.1) is 13.8 Å². The van der Waals surface area contributed by atoms with E-state index >= 15 is 0 Å². The number of phenols is 1. The number of piperazine rings is 1. The molecular weight excluding hydrogens is 312 g/mol. The van der Waals surface area contributed by atoms with Crippen LogP contribution in [-0.4, -0.2) is 46.5 Å². The highest BCUT2D eigenvalue weighted by Crippen LogP contribution is 2.34. The maximum Gasteiger partial charge on any atom is 0.254 e. The Balaban J connectivity index is 1.58. The molecule has 25 heavy (non-hydrogen) atoms. The van der Waals surface area contributed by atoms with Crippen LogP contribution in [0.25, 0.3) is 0 Å². The predicted octanol–water partition coefficient (Wildman–Crippen LogP) is 2.89. The van der Waals surface area contributed by atoms with E-state index in [1.165, 1.54) is 5.56 Å². The number of hydrogen-bond acceptors (Lipinski definition) is 3. The molecule has 1 amide bonds. The standard InChI is InChI=1S/C21H24N2O2/c1-14-10-19-18(15(2)20(14)24)11-17-13-22(8-9-23(17)21(19)25)12-16-6-4-3-5-7-16/h3-7,10,17,24H,8-9,11-13H2,1-2H3. The molecule has 0 radical (unpaired) electrons. The predicted molar refractivity (Wildman–Crippen MR) is 97.8 cm³/mol. The molecule has 2 aromatic carbocycles. The average molecular weight is 336 g/mol. The second kappa shape index (κ2) is 6.19. The van der Waals surface area contributed by atoms with E-state index in [2.05, 4.69) is 29.2 Å². The fourth-order valence-electron chi connectivity index (χ4n) is 4.20. The van der Waals surface area contributed by atoms with Gasteiger partial charge in [-0.25, -0.2) is 0 Å². The van der Waals surface area contributed by atoms with E-state index in [-0.39, 0.29) is 11.9 Å². The number of aryl methyl sites for hydroxylation is 1. The zero-order valence-electron chi connectivity index (χ0n) is 14.8. The highest BCUT2D eigenvalue weighted by atomic mass is 16.3. The summed E-state index contributed by atoms with van der Waals surface area (Å²) in [5.41, 5.74) is 4.76. The Morgan fingerprint density at radius 1 is 1.16 bits per heavy atom. The number of carbonyl (C=O) groups excluding carboxylic acids is 1. The SMILES string of the molecule is Cc1cc2c(c(C)c1O)CC1CN(Cc3ccccc3)CCN1C2=O. The zero-order valence-corrected chi connectivity index (χ0v) is 14.8. The van der Waals surface area contributed by atoms with Gasteiger partial charge >= 0.3 is 0 Å². The molecule has 2 aliphatic heterocycles. The first-order chi connectivity index (χ1) is 12.0. The Morgan fingerprint density at radius 2 is 1.92 bits per heavy atom. The largest absolute Gasteiger partial charge is 0.507 e. The summed E-state index contributed by atoms with van der Waals surface area (Å²) >= 11 is 0. The third-order valence-electron chi connectivity index (χ3n) is 5.61. The third-order valence-corrected chi connectivity index (χ3v) is 5.61. The van der Waals surface area contributed by atoms with Gasteiger partial charge in [0.05, 0.1) is 0 Å². The highest BCUT2D eigenvalue weighted by Gasteiger charge is 2.37. The summed E-state index contributed by atoms with van der Waals surface area (Å²) < 4.78 is 0. The van der Waals surface area contributed by atoms with E-state index in [4.69, 9.17) is 0 Å². The van der Waals surface area contributed by atoms with Crippen molar-refractivity contribution < 1.29 is 9.90 Å². The number of nitrogens with zero attached hydrogens (tertiary/aromatic N) is 2. The molecule has 0 bridgehead atoms. The lowest BCUT2D eigenvalue weighted by molar-refractivity contribution is 0.0401. The van der Waals surface area contributed by atoms with Gasteiger partial charge in [-0.3, -0.25) is 9.69 Å². The van der Waals surface area contributed by atoms with Crippen molar-refractivity contribution in [1.29, 1.82) is 0 Å². The number of phenolic OH excluding ortho intramolecular Hbond substituents is 1. The van der Waals surface area contributed by atoms with Gasteiger partial charge in [0.1, 0.15) is 5.75 Å². The molecule has 4 nitrogen and oxygen atoms in total. The average Bonchev–Trinajstić information content (AvgIpc) is 2.62. The van der Waals surface area contributed by atoms with Crippen molar-refractivity contribution in [3.05, 3.63) is 64.2 Å². The summed E-state index contributed by atoms with van der Waals surface area (Å²) in [6.07, 6.45) is 0.825. The molecule has 0 aromatic heterocycles. The minimum Gasteiger partial charge on any atom is -0.507 e. The van der Waals surface area contributed by atoms with Crippen molar-refractivity contribution >= 4 is 5.91 Å². The molecule has 2 aromatic rings. The van der Waals surface area contributed by atoms with E-state index in [0.29, 0.717) is 5.75 Å². The molecule has 4 heteroatoms. The quantitative estimate of drug-likeness (QED) is 0.917. The van der Waals surface area contributed by atoms with Crippen LogP contribution in [-0.2, 0) is 13.0 Å². The number of benzene rings is 2. The first-order valence-electron chi connectivity index (χ1n) is 8.94. The highest BCUT2D eigenvalue weighted by molar-refractivity contribution is 5.98. The lowest BCUT2D eigenvalue weighted by atomic mass is 9.87. The normalized spacial score (nSPS) is 20.3. The minimum absolute atomic E-state index is 0.122. The number of aromatic hydroxyl groups is 1. The number of fused-ring (bicyclic) bond motifs is 2. The lowest BCUT2D eigenvalue weighted by Gasteiger charge is -2.45. The van der Waals surface area contributed by atoms with Crippen LogP contribution in [0.4, 0.5) is 0 Å². The van der Waals surface area contributed by atoms with E-state index in [1.807, 2.05) is 30.9 Å². The van der Waals surface area contributed by atoms with Crippen LogP contribution in [0.1, 0.15) is 32.6 Å². The van der Waals surface area contributed by atoms with E-state index in [0.717, 1.165) is 54.9 Å². The Bertz CT molecular complexity index is 816. The van der Waals surface area contributed by atoms with Gasteiger partial charge in [0.2, 0.25) is 0 Å². The van der Waals surface area contributed by atoms with Crippen LogP contribution in [0.3, 0.4) is 0 Å². The summed E-state index contributed by atoms with van der Waals surface area (Å²) in [5.74, 6) is 0.453. The van der Waals surface area contributed by atoms with Crippen molar-refractivity contribution in [2.24, 2.45) is 0 Å². The summed E-state index contributed by atoms with van der Waals surface area (Å²) in [5, 5.41) is 10.3. The van der Waals surface area contributed by atoms with Crippen LogP contribution in [0.2, 0.25) is 0 Å². The molecule has 1 unspecified atom stereocenters. The zero-order chi connectivity index (χ0) is 17.6. The first-order valence-corrected chi connectivity index (χ1v) is 8.94. The number of amides is 1. The van der Waals surface area contributed by atoms with Gasteiger partial charge in [-0.2, -0.15) is 0 Å². The maximum absolute atomic E-state index is 13.0. The van der Waals surface area contributed by atoms with Crippen molar-refractivity contribution in [2.75, 3.05) is 19.6 Å². The summed E-state index contributed by atoms with van der Waals surface area (Å²) in [6, 6.07) is 12.5. The lowest BCUT2D eigenvalue weighted by Crippen LogP contribution is -2.57. The smallest absolute Gasteiger partial charge is 0.254 e. The second-order valence-electron chi connectivity index (χ2n) is 7.27. The molecule has 2 heterocycles. The maximum atomic E-state index is 13.0. The van der Waals surface area contributed by atoms with Gasteiger partial charge in [-0.05, 0) is 48.6 Å². The summed E-state index contributed by atoms with van der Waals surface area (Å²) in [7, 11) is 0.